The fraction of sp³-hybridized carbons (Fsp3) is 0.273. The van der Waals surface area contributed by atoms with Crippen LogP contribution in [0.2, 0.25) is 0 Å². The Kier molecular flexibility index (Phi) is 3.54. The first kappa shape index (κ1) is 10.6. The first-order valence-corrected chi connectivity index (χ1v) is 4.33. The minimum Gasteiger partial charge on any atom is -0.497 e. The molecular weight excluding hydrogens is 178 g/mol. The fourth-order valence-corrected chi connectivity index (χ4v) is 1.23. The molecule has 1 rings (SSSR count). The Morgan fingerprint density at radius 2 is 2.07 bits per heavy atom. The lowest BCUT2D eigenvalue weighted by Gasteiger charge is -2.13. The van der Waals surface area contributed by atoms with Crippen LogP contribution in [0.25, 0.3) is 0 Å². The van der Waals surface area contributed by atoms with Gasteiger partial charge in [-0.1, -0.05) is 6.08 Å². The molecule has 0 heterocycles. The van der Waals surface area contributed by atoms with Gasteiger partial charge >= 0.3 is 0 Å². The van der Waals surface area contributed by atoms with Crippen LogP contribution in [-0.2, 0) is 0 Å². The molecule has 0 amide bonds. The van der Waals surface area contributed by atoms with Gasteiger partial charge in [0.2, 0.25) is 0 Å². The highest BCUT2D eigenvalue weighted by atomic mass is 16.5. The molecule has 0 aliphatic carbocycles. The van der Waals surface area contributed by atoms with Crippen molar-refractivity contribution in [1.29, 1.82) is 0 Å². The monoisotopic (exact) mass is 193 g/mol. The van der Waals surface area contributed by atoms with Gasteiger partial charge in [-0.25, -0.2) is 0 Å². The summed E-state index contributed by atoms with van der Waals surface area (Å²) in [5.74, 6) is 1.51. The van der Waals surface area contributed by atoms with Gasteiger partial charge in [0.25, 0.3) is 0 Å². The molecule has 2 N–H and O–H groups in total. The topological polar surface area (TPSA) is 44.5 Å². The molecule has 14 heavy (non-hydrogen) atoms. The van der Waals surface area contributed by atoms with Crippen molar-refractivity contribution in [2.45, 2.75) is 6.04 Å². The van der Waals surface area contributed by atoms with Gasteiger partial charge in [-0.2, -0.15) is 0 Å². The van der Waals surface area contributed by atoms with E-state index in [1.54, 1.807) is 20.3 Å². The van der Waals surface area contributed by atoms with E-state index in [9.17, 15) is 0 Å². The third kappa shape index (κ3) is 2.06. The van der Waals surface area contributed by atoms with Crippen LogP contribution in [0, 0.1) is 0 Å². The van der Waals surface area contributed by atoms with Gasteiger partial charge in [0.15, 0.2) is 0 Å². The van der Waals surface area contributed by atoms with E-state index >= 15 is 0 Å². The molecule has 1 aromatic rings. The average Bonchev–Trinajstić information content (AvgIpc) is 2.27. The molecule has 76 valence electrons. The molecule has 0 aliphatic rings. The van der Waals surface area contributed by atoms with Gasteiger partial charge < -0.3 is 15.2 Å². The van der Waals surface area contributed by atoms with E-state index in [1.807, 2.05) is 18.2 Å². The maximum absolute atomic E-state index is 5.84. The second kappa shape index (κ2) is 4.67. The zero-order chi connectivity index (χ0) is 10.6. The summed E-state index contributed by atoms with van der Waals surface area (Å²) in [6.07, 6.45) is 1.66. The van der Waals surface area contributed by atoms with Crippen molar-refractivity contribution >= 4 is 0 Å². The van der Waals surface area contributed by atoms with Crippen LogP contribution in [-0.4, -0.2) is 14.2 Å². The van der Waals surface area contributed by atoms with Crippen LogP contribution in [0.3, 0.4) is 0 Å². The van der Waals surface area contributed by atoms with Crippen LogP contribution >= 0.6 is 0 Å². The molecule has 0 aromatic heterocycles. The van der Waals surface area contributed by atoms with Gasteiger partial charge in [-0.15, -0.1) is 6.58 Å². The van der Waals surface area contributed by atoms with E-state index in [4.69, 9.17) is 15.2 Å². The zero-order valence-electron chi connectivity index (χ0n) is 8.49. The summed E-state index contributed by atoms with van der Waals surface area (Å²) in [5, 5.41) is 0. The normalized spacial score (nSPS) is 11.9. The molecule has 0 spiro atoms. The van der Waals surface area contributed by atoms with Crippen molar-refractivity contribution in [1.82, 2.24) is 0 Å². The molecule has 0 unspecified atom stereocenters. The maximum Gasteiger partial charge on any atom is 0.124 e. The van der Waals surface area contributed by atoms with Gasteiger partial charge in [-0.3, -0.25) is 0 Å². The quantitative estimate of drug-likeness (QED) is 0.743. The highest BCUT2D eigenvalue weighted by Crippen LogP contribution is 2.28. The van der Waals surface area contributed by atoms with Crippen molar-refractivity contribution < 1.29 is 9.47 Å². The predicted octanol–water partition coefficient (Wildman–Crippen LogP) is 1.89. The Morgan fingerprint density at radius 3 is 2.57 bits per heavy atom. The molecule has 0 saturated carbocycles. The smallest absolute Gasteiger partial charge is 0.124 e. The number of hydrogen-bond donors (Lipinski definition) is 1. The average molecular weight is 193 g/mol. The van der Waals surface area contributed by atoms with Gasteiger partial charge in [0.05, 0.1) is 20.3 Å². The maximum atomic E-state index is 5.84. The summed E-state index contributed by atoms with van der Waals surface area (Å²) in [4.78, 5) is 0. The summed E-state index contributed by atoms with van der Waals surface area (Å²) < 4.78 is 10.3. The third-order valence-corrected chi connectivity index (χ3v) is 2.05. The van der Waals surface area contributed by atoms with Crippen LogP contribution in [0.15, 0.2) is 30.9 Å². The van der Waals surface area contributed by atoms with Crippen LogP contribution in [0.1, 0.15) is 11.6 Å². The van der Waals surface area contributed by atoms with E-state index in [-0.39, 0.29) is 6.04 Å². The molecule has 3 nitrogen and oxygen atoms in total. The molecule has 0 radical (unpaired) electrons. The highest BCUT2D eigenvalue weighted by molar-refractivity contribution is 5.43. The van der Waals surface area contributed by atoms with Crippen molar-refractivity contribution in [3.05, 3.63) is 36.4 Å². The SMILES string of the molecule is C=C[C@@H](N)c1cc(OC)ccc1OC. The lowest BCUT2D eigenvalue weighted by Crippen LogP contribution is -2.08. The Morgan fingerprint density at radius 1 is 1.36 bits per heavy atom. The number of hydrogen-bond acceptors (Lipinski definition) is 3. The van der Waals surface area contributed by atoms with Crippen molar-refractivity contribution in [3.8, 4) is 11.5 Å². The molecule has 0 fully saturated rings. The second-order valence-electron chi connectivity index (χ2n) is 2.87. The molecule has 3 heteroatoms. The van der Waals surface area contributed by atoms with E-state index in [0.717, 1.165) is 17.1 Å². The van der Waals surface area contributed by atoms with Gasteiger partial charge in [-0.05, 0) is 18.2 Å². The largest absolute Gasteiger partial charge is 0.497 e. The predicted molar refractivity (Wildman–Crippen MR) is 56.7 cm³/mol. The first-order valence-electron chi connectivity index (χ1n) is 4.33. The van der Waals surface area contributed by atoms with Gasteiger partial charge in [0, 0.05) is 5.56 Å². The standard InChI is InChI=1S/C11H15NO2/c1-4-10(12)9-7-8(13-2)5-6-11(9)14-3/h4-7,10H,1,12H2,2-3H3/t10-/m1/s1. The Balaban J connectivity index is 3.14. The molecule has 1 atom stereocenters. The van der Waals surface area contributed by atoms with Crippen LogP contribution < -0.4 is 15.2 Å². The Bertz CT molecular complexity index is 323. The lowest BCUT2D eigenvalue weighted by atomic mass is 10.1. The minimum atomic E-state index is -0.236. The fourth-order valence-electron chi connectivity index (χ4n) is 1.23. The number of nitrogens with two attached hydrogens (primary N) is 1. The van der Waals surface area contributed by atoms with E-state index < -0.39 is 0 Å². The Hall–Kier alpha value is -1.48. The number of rotatable bonds is 4. The summed E-state index contributed by atoms with van der Waals surface area (Å²) in [6.45, 7) is 3.65. The lowest BCUT2D eigenvalue weighted by molar-refractivity contribution is 0.397. The number of methoxy groups -OCH3 is 2. The summed E-state index contributed by atoms with van der Waals surface area (Å²) in [5.41, 5.74) is 6.72. The van der Waals surface area contributed by atoms with E-state index in [2.05, 4.69) is 6.58 Å². The number of benzene rings is 1. The van der Waals surface area contributed by atoms with Crippen molar-refractivity contribution in [2.24, 2.45) is 5.73 Å². The summed E-state index contributed by atoms with van der Waals surface area (Å²) in [7, 11) is 3.23. The van der Waals surface area contributed by atoms with Crippen LogP contribution in [0.5, 0.6) is 11.5 Å². The zero-order valence-corrected chi connectivity index (χ0v) is 8.49. The molecular formula is C11H15NO2. The van der Waals surface area contributed by atoms with Crippen molar-refractivity contribution in [2.75, 3.05) is 14.2 Å². The number of ether oxygens (including phenoxy) is 2. The second-order valence-corrected chi connectivity index (χ2v) is 2.87. The molecule has 1 aromatic carbocycles. The van der Waals surface area contributed by atoms with E-state index in [0.29, 0.717) is 0 Å². The van der Waals surface area contributed by atoms with Crippen molar-refractivity contribution in [3.63, 3.8) is 0 Å². The summed E-state index contributed by atoms with van der Waals surface area (Å²) >= 11 is 0. The first-order chi connectivity index (χ1) is 6.72. The van der Waals surface area contributed by atoms with E-state index in [1.165, 1.54) is 0 Å². The Labute approximate surface area is 84.1 Å². The highest BCUT2D eigenvalue weighted by Gasteiger charge is 2.09. The summed E-state index contributed by atoms with van der Waals surface area (Å²) in [6, 6.07) is 5.28. The molecule has 0 saturated heterocycles. The third-order valence-electron chi connectivity index (χ3n) is 2.05. The molecule has 0 bridgehead atoms. The minimum absolute atomic E-state index is 0.236. The van der Waals surface area contributed by atoms with Gasteiger partial charge in [0.1, 0.15) is 11.5 Å². The van der Waals surface area contributed by atoms with Crippen LogP contribution in [0.4, 0.5) is 0 Å². The molecule has 0 aliphatic heterocycles.